The molecular weight excluding hydrogens is 242 g/mol. The topological polar surface area (TPSA) is 96.7 Å². The Bertz CT molecular complexity index is 566. The average Bonchev–Trinajstić information content (AvgIpc) is 2.69. The number of aryl methyl sites for hydroxylation is 1. The van der Waals surface area contributed by atoms with Crippen molar-refractivity contribution in [1.82, 2.24) is 15.2 Å². The number of rotatable bonds is 2. The monoisotopic (exact) mass is 251 g/mol. The third-order valence-electron chi connectivity index (χ3n) is 2.15. The molecule has 0 fully saturated rings. The number of nitrogens with two attached hydrogens (primary N) is 1. The SMILES string of the molecule is Cc1cc(Cl)ccc1NC(=O)c1nc(N)n[nH]1. The van der Waals surface area contributed by atoms with Crippen molar-refractivity contribution in [3.63, 3.8) is 0 Å². The lowest BCUT2D eigenvalue weighted by molar-refractivity contribution is 0.101. The van der Waals surface area contributed by atoms with E-state index in [1.165, 1.54) is 0 Å². The molecule has 0 saturated carbocycles. The zero-order valence-electron chi connectivity index (χ0n) is 8.99. The fourth-order valence-corrected chi connectivity index (χ4v) is 1.55. The minimum absolute atomic E-state index is 0.0305. The summed E-state index contributed by atoms with van der Waals surface area (Å²) >= 11 is 5.82. The number of carbonyl (C=O) groups excluding carboxylic acids is 1. The molecule has 2 aromatic rings. The summed E-state index contributed by atoms with van der Waals surface area (Å²) in [5.41, 5.74) is 6.83. The second kappa shape index (κ2) is 4.42. The summed E-state index contributed by atoms with van der Waals surface area (Å²) in [5.74, 6) is -0.306. The van der Waals surface area contributed by atoms with Crippen LogP contribution < -0.4 is 11.1 Å². The molecule has 0 aliphatic heterocycles. The number of halogens is 1. The summed E-state index contributed by atoms with van der Waals surface area (Å²) in [7, 11) is 0. The van der Waals surface area contributed by atoms with E-state index in [9.17, 15) is 4.79 Å². The Morgan fingerprint density at radius 3 is 2.88 bits per heavy atom. The van der Waals surface area contributed by atoms with E-state index in [-0.39, 0.29) is 11.8 Å². The Morgan fingerprint density at radius 1 is 1.53 bits per heavy atom. The number of nitrogens with one attached hydrogen (secondary N) is 2. The highest BCUT2D eigenvalue weighted by Gasteiger charge is 2.11. The second-order valence-electron chi connectivity index (χ2n) is 3.46. The Hall–Kier alpha value is -2.08. The van der Waals surface area contributed by atoms with E-state index in [2.05, 4.69) is 20.5 Å². The van der Waals surface area contributed by atoms with Gasteiger partial charge < -0.3 is 11.1 Å². The third-order valence-corrected chi connectivity index (χ3v) is 2.39. The molecule has 1 aromatic heterocycles. The molecule has 17 heavy (non-hydrogen) atoms. The van der Waals surface area contributed by atoms with E-state index in [4.69, 9.17) is 17.3 Å². The standard InChI is InChI=1S/C10H10ClN5O/c1-5-4-6(11)2-3-7(5)13-9(17)8-14-10(12)16-15-8/h2-4H,1H3,(H,13,17)(H3,12,14,15,16). The van der Waals surface area contributed by atoms with Gasteiger partial charge in [-0.15, -0.1) is 5.10 Å². The molecule has 1 heterocycles. The van der Waals surface area contributed by atoms with E-state index < -0.39 is 5.91 Å². The first-order valence-electron chi connectivity index (χ1n) is 4.81. The number of aromatic amines is 1. The lowest BCUT2D eigenvalue weighted by atomic mass is 10.2. The van der Waals surface area contributed by atoms with Crippen LogP contribution in [-0.4, -0.2) is 21.1 Å². The number of hydrogen-bond acceptors (Lipinski definition) is 4. The van der Waals surface area contributed by atoms with Crippen molar-refractivity contribution in [2.75, 3.05) is 11.1 Å². The Kier molecular flexibility index (Phi) is 2.97. The Labute approximate surface area is 102 Å². The first-order chi connectivity index (χ1) is 8.06. The van der Waals surface area contributed by atoms with Crippen LogP contribution in [-0.2, 0) is 0 Å². The summed E-state index contributed by atoms with van der Waals surface area (Å²) in [5, 5.41) is 9.30. The molecule has 4 N–H and O–H groups in total. The van der Waals surface area contributed by atoms with Crippen LogP contribution in [0.2, 0.25) is 5.02 Å². The number of hydrogen-bond donors (Lipinski definition) is 3. The van der Waals surface area contributed by atoms with E-state index in [1.54, 1.807) is 18.2 Å². The second-order valence-corrected chi connectivity index (χ2v) is 3.89. The Balaban J connectivity index is 2.18. The van der Waals surface area contributed by atoms with Gasteiger partial charge in [0, 0.05) is 10.7 Å². The van der Waals surface area contributed by atoms with Gasteiger partial charge in [0.1, 0.15) is 0 Å². The van der Waals surface area contributed by atoms with Gasteiger partial charge in [-0.25, -0.2) is 0 Å². The molecule has 0 atom stereocenters. The van der Waals surface area contributed by atoms with Gasteiger partial charge in [-0.1, -0.05) is 11.6 Å². The largest absolute Gasteiger partial charge is 0.366 e. The zero-order chi connectivity index (χ0) is 12.4. The Morgan fingerprint density at radius 2 is 2.29 bits per heavy atom. The molecule has 1 aromatic carbocycles. The molecular formula is C10H10ClN5O. The fraction of sp³-hybridized carbons (Fsp3) is 0.100. The predicted molar refractivity (Wildman–Crippen MR) is 64.9 cm³/mol. The summed E-state index contributed by atoms with van der Waals surface area (Å²) in [6.07, 6.45) is 0. The maximum absolute atomic E-state index is 11.7. The van der Waals surface area contributed by atoms with E-state index >= 15 is 0 Å². The minimum atomic E-state index is -0.403. The maximum Gasteiger partial charge on any atom is 0.293 e. The van der Waals surface area contributed by atoms with Crippen molar-refractivity contribution in [2.24, 2.45) is 0 Å². The molecule has 0 bridgehead atoms. The van der Waals surface area contributed by atoms with Crippen molar-refractivity contribution in [3.05, 3.63) is 34.6 Å². The van der Waals surface area contributed by atoms with E-state index in [1.807, 2.05) is 6.92 Å². The van der Waals surface area contributed by atoms with Crippen molar-refractivity contribution in [1.29, 1.82) is 0 Å². The lowest BCUT2D eigenvalue weighted by Crippen LogP contribution is -2.14. The molecule has 0 radical (unpaired) electrons. The van der Waals surface area contributed by atoms with Gasteiger partial charge in [0.05, 0.1) is 0 Å². The van der Waals surface area contributed by atoms with Crippen molar-refractivity contribution in [3.8, 4) is 0 Å². The molecule has 1 amide bonds. The van der Waals surface area contributed by atoms with Gasteiger partial charge >= 0.3 is 0 Å². The predicted octanol–water partition coefficient (Wildman–Crippen LogP) is 1.60. The van der Waals surface area contributed by atoms with Crippen LogP contribution in [0.15, 0.2) is 18.2 Å². The van der Waals surface area contributed by atoms with Crippen molar-refractivity contribution in [2.45, 2.75) is 6.92 Å². The number of carbonyl (C=O) groups is 1. The van der Waals surface area contributed by atoms with E-state index in [0.29, 0.717) is 10.7 Å². The molecule has 0 spiro atoms. The van der Waals surface area contributed by atoms with E-state index in [0.717, 1.165) is 5.56 Å². The summed E-state index contributed by atoms with van der Waals surface area (Å²) in [4.78, 5) is 15.5. The fourth-order valence-electron chi connectivity index (χ4n) is 1.33. The van der Waals surface area contributed by atoms with Gasteiger partial charge in [-0.05, 0) is 30.7 Å². The van der Waals surface area contributed by atoms with Crippen LogP contribution in [0.1, 0.15) is 16.2 Å². The van der Waals surface area contributed by atoms with Gasteiger partial charge in [-0.3, -0.25) is 9.89 Å². The van der Waals surface area contributed by atoms with Crippen LogP contribution in [0.4, 0.5) is 11.6 Å². The van der Waals surface area contributed by atoms with Crippen LogP contribution in [0, 0.1) is 6.92 Å². The van der Waals surface area contributed by atoms with Crippen LogP contribution in [0.25, 0.3) is 0 Å². The quantitative estimate of drug-likeness (QED) is 0.755. The number of anilines is 2. The number of nitrogen functional groups attached to an aromatic ring is 1. The van der Waals surface area contributed by atoms with Crippen molar-refractivity contribution < 1.29 is 4.79 Å². The highest BCUT2D eigenvalue weighted by atomic mass is 35.5. The molecule has 0 aliphatic rings. The highest BCUT2D eigenvalue weighted by Crippen LogP contribution is 2.19. The number of nitrogens with zero attached hydrogens (tertiary/aromatic N) is 2. The molecule has 0 saturated heterocycles. The summed E-state index contributed by atoms with van der Waals surface area (Å²) in [6.45, 7) is 1.84. The zero-order valence-corrected chi connectivity index (χ0v) is 9.75. The van der Waals surface area contributed by atoms with Crippen molar-refractivity contribution >= 4 is 29.1 Å². The number of benzene rings is 1. The minimum Gasteiger partial charge on any atom is -0.366 e. The van der Waals surface area contributed by atoms with Gasteiger partial charge in [-0.2, -0.15) is 4.98 Å². The van der Waals surface area contributed by atoms with Gasteiger partial charge in [0.25, 0.3) is 5.91 Å². The normalized spacial score (nSPS) is 10.2. The molecule has 2 rings (SSSR count). The van der Waals surface area contributed by atoms with Crippen LogP contribution >= 0.6 is 11.6 Å². The van der Waals surface area contributed by atoms with Crippen LogP contribution in [0.3, 0.4) is 0 Å². The molecule has 7 heteroatoms. The average molecular weight is 252 g/mol. The molecule has 0 unspecified atom stereocenters. The number of H-pyrrole nitrogens is 1. The first-order valence-corrected chi connectivity index (χ1v) is 5.19. The molecule has 88 valence electrons. The maximum atomic E-state index is 11.7. The first kappa shape index (κ1) is 11.4. The van der Waals surface area contributed by atoms with Crippen LogP contribution in [0.5, 0.6) is 0 Å². The molecule has 0 aliphatic carbocycles. The summed E-state index contributed by atoms with van der Waals surface area (Å²) < 4.78 is 0. The third kappa shape index (κ3) is 2.54. The summed E-state index contributed by atoms with van der Waals surface area (Å²) in [6, 6.07) is 5.17. The number of amides is 1. The highest BCUT2D eigenvalue weighted by molar-refractivity contribution is 6.30. The van der Waals surface area contributed by atoms with Gasteiger partial charge in [0.15, 0.2) is 0 Å². The molecule has 6 nitrogen and oxygen atoms in total. The van der Waals surface area contributed by atoms with Gasteiger partial charge in [0.2, 0.25) is 11.8 Å². The lowest BCUT2D eigenvalue weighted by Gasteiger charge is -2.06. The smallest absolute Gasteiger partial charge is 0.293 e. The number of aromatic nitrogens is 3.